The summed E-state index contributed by atoms with van der Waals surface area (Å²) in [6, 6.07) is 11.1. The highest BCUT2D eigenvalue weighted by Crippen LogP contribution is 2.28. The Labute approximate surface area is 124 Å². The topological polar surface area (TPSA) is 63.4 Å². The van der Waals surface area contributed by atoms with Crippen LogP contribution >= 0.6 is 11.8 Å². The second kappa shape index (κ2) is 5.21. The number of halogens is 1. The van der Waals surface area contributed by atoms with E-state index in [9.17, 15) is 14.0 Å². The van der Waals surface area contributed by atoms with E-state index < -0.39 is 5.82 Å². The summed E-state index contributed by atoms with van der Waals surface area (Å²) in [5, 5.41) is 0. The molecule has 21 heavy (non-hydrogen) atoms. The van der Waals surface area contributed by atoms with Crippen LogP contribution in [-0.4, -0.2) is 22.6 Å². The van der Waals surface area contributed by atoms with Crippen molar-refractivity contribution in [1.29, 1.82) is 0 Å². The number of nitrogens with two attached hydrogens (primary N) is 1. The van der Waals surface area contributed by atoms with Gasteiger partial charge in [0.25, 0.3) is 11.8 Å². The minimum Gasteiger partial charge on any atom is -0.396 e. The smallest absolute Gasteiger partial charge is 0.262 e. The maximum atomic E-state index is 13.4. The minimum absolute atomic E-state index is 0.0695. The van der Waals surface area contributed by atoms with Crippen molar-refractivity contribution in [3.8, 4) is 0 Å². The number of benzene rings is 2. The average molecular weight is 302 g/mol. The predicted molar refractivity (Wildman–Crippen MR) is 78.5 cm³/mol. The molecule has 2 aromatic carbocycles. The molecule has 0 fully saturated rings. The number of hydrogen-bond acceptors (Lipinski definition) is 4. The summed E-state index contributed by atoms with van der Waals surface area (Å²) >= 11 is 1.21. The molecule has 0 aliphatic carbocycles. The van der Waals surface area contributed by atoms with E-state index in [2.05, 4.69) is 0 Å². The lowest BCUT2D eigenvalue weighted by atomic mass is 10.1. The SMILES string of the molecule is Nc1ccc(SCN2C(=O)c3ccccc3C2=O)cc1F. The zero-order valence-corrected chi connectivity index (χ0v) is 11.7. The molecular weight excluding hydrogens is 291 g/mol. The molecule has 2 aromatic rings. The number of carbonyl (C=O) groups excluding carboxylic acids is 2. The Morgan fingerprint density at radius 3 is 2.24 bits per heavy atom. The fourth-order valence-electron chi connectivity index (χ4n) is 2.09. The lowest BCUT2D eigenvalue weighted by Gasteiger charge is -2.13. The monoisotopic (exact) mass is 302 g/mol. The number of anilines is 1. The van der Waals surface area contributed by atoms with Crippen LogP contribution in [0, 0.1) is 5.82 Å². The summed E-state index contributed by atoms with van der Waals surface area (Å²) < 4.78 is 13.4. The van der Waals surface area contributed by atoms with Gasteiger partial charge in [-0.25, -0.2) is 4.39 Å². The third-order valence-corrected chi connectivity index (χ3v) is 4.18. The first-order valence-corrected chi connectivity index (χ1v) is 7.19. The molecule has 0 atom stereocenters. The molecule has 4 nitrogen and oxygen atoms in total. The van der Waals surface area contributed by atoms with Crippen LogP contribution in [0.25, 0.3) is 0 Å². The highest BCUT2D eigenvalue weighted by molar-refractivity contribution is 7.99. The molecule has 106 valence electrons. The number of nitrogens with zero attached hydrogens (tertiary/aromatic N) is 1. The number of fused-ring (bicyclic) bond motifs is 1. The van der Waals surface area contributed by atoms with Crippen molar-refractivity contribution in [3.05, 3.63) is 59.4 Å². The fraction of sp³-hybridized carbons (Fsp3) is 0.0667. The van der Waals surface area contributed by atoms with E-state index in [0.717, 1.165) is 4.90 Å². The van der Waals surface area contributed by atoms with Crippen molar-refractivity contribution in [2.24, 2.45) is 0 Å². The maximum Gasteiger partial charge on any atom is 0.262 e. The Kier molecular flexibility index (Phi) is 3.39. The van der Waals surface area contributed by atoms with Gasteiger partial charge >= 0.3 is 0 Å². The van der Waals surface area contributed by atoms with Gasteiger partial charge < -0.3 is 5.73 Å². The highest BCUT2D eigenvalue weighted by Gasteiger charge is 2.34. The quantitative estimate of drug-likeness (QED) is 0.538. The largest absolute Gasteiger partial charge is 0.396 e. The number of carbonyl (C=O) groups is 2. The molecule has 3 rings (SSSR count). The molecule has 2 amide bonds. The number of nitrogen functional groups attached to an aromatic ring is 1. The summed E-state index contributed by atoms with van der Waals surface area (Å²) in [4.78, 5) is 26.1. The average Bonchev–Trinajstić information content (AvgIpc) is 2.73. The van der Waals surface area contributed by atoms with Crippen LogP contribution in [0.4, 0.5) is 10.1 Å². The van der Waals surface area contributed by atoms with Gasteiger partial charge in [-0.05, 0) is 30.3 Å². The van der Waals surface area contributed by atoms with E-state index in [1.807, 2.05) is 0 Å². The van der Waals surface area contributed by atoms with Gasteiger partial charge in [0.1, 0.15) is 5.82 Å². The molecule has 0 saturated heterocycles. The first-order valence-electron chi connectivity index (χ1n) is 6.21. The molecule has 1 heterocycles. The fourth-order valence-corrected chi connectivity index (χ4v) is 2.96. The van der Waals surface area contributed by atoms with Crippen molar-refractivity contribution in [2.45, 2.75) is 4.90 Å². The lowest BCUT2D eigenvalue weighted by molar-refractivity contribution is 0.0684. The molecule has 0 radical (unpaired) electrons. The number of thioether (sulfide) groups is 1. The highest BCUT2D eigenvalue weighted by atomic mass is 32.2. The van der Waals surface area contributed by atoms with Crippen LogP contribution in [0.5, 0.6) is 0 Å². The lowest BCUT2D eigenvalue weighted by Crippen LogP contribution is -2.29. The van der Waals surface area contributed by atoms with Gasteiger partial charge in [0.05, 0.1) is 22.7 Å². The van der Waals surface area contributed by atoms with Crippen LogP contribution in [0.3, 0.4) is 0 Å². The van der Waals surface area contributed by atoms with Gasteiger partial charge in [-0.1, -0.05) is 12.1 Å². The number of rotatable bonds is 3. The van der Waals surface area contributed by atoms with Gasteiger partial charge in [0.15, 0.2) is 0 Å². The second-order valence-electron chi connectivity index (χ2n) is 4.54. The molecular formula is C15H11FN2O2S. The molecule has 0 aromatic heterocycles. The van der Waals surface area contributed by atoms with Crippen LogP contribution in [-0.2, 0) is 0 Å². The van der Waals surface area contributed by atoms with E-state index in [0.29, 0.717) is 16.0 Å². The van der Waals surface area contributed by atoms with Crippen molar-refractivity contribution in [2.75, 3.05) is 11.6 Å². The van der Waals surface area contributed by atoms with Gasteiger partial charge in [0, 0.05) is 4.90 Å². The minimum atomic E-state index is -0.512. The normalized spacial score (nSPS) is 13.7. The first-order chi connectivity index (χ1) is 10.1. The van der Waals surface area contributed by atoms with Crippen LogP contribution in [0.15, 0.2) is 47.4 Å². The zero-order valence-electron chi connectivity index (χ0n) is 10.9. The predicted octanol–water partition coefficient (Wildman–Crippen LogP) is 2.75. The Balaban J connectivity index is 1.76. The van der Waals surface area contributed by atoms with E-state index in [4.69, 9.17) is 5.73 Å². The van der Waals surface area contributed by atoms with Crippen LogP contribution in [0.2, 0.25) is 0 Å². The van der Waals surface area contributed by atoms with E-state index in [1.54, 1.807) is 30.3 Å². The summed E-state index contributed by atoms with van der Waals surface area (Å²) in [5.74, 6) is -1.02. The van der Waals surface area contributed by atoms with Gasteiger partial charge in [0.2, 0.25) is 0 Å². The molecule has 0 unspecified atom stereocenters. The summed E-state index contributed by atoms with van der Waals surface area (Å²) in [7, 11) is 0. The molecule has 0 bridgehead atoms. The maximum absolute atomic E-state index is 13.4. The number of imide groups is 1. The third-order valence-electron chi connectivity index (χ3n) is 3.21. The second-order valence-corrected chi connectivity index (χ2v) is 5.56. The summed E-state index contributed by atoms with van der Waals surface area (Å²) in [5.41, 5.74) is 6.29. The Morgan fingerprint density at radius 1 is 1.05 bits per heavy atom. The van der Waals surface area contributed by atoms with Crippen molar-refractivity contribution in [1.82, 2.24) is 4.90 Å². The Hall–Kier alpha value is -2.34. The standard InChI is InChI=1S/C15H11FN2O2S/c16-12-7-9(5-6-13(12)17)21-8-18-14(19)10-3-1-2-4-11(10)15(18)20/h1-7H,8,17H2. The molecule has 1 aliphatic rings. The Bertz CT molecular complexity index is 713. The van der Waals surface area contributed by atoms with E-state index in [1.165, 1.54) is 23.9 Å². The van der Waals surface area contributed by atoms with Crippen LogP contribution in [0.1, 0.15) is 20.7 Å². The number of amides is 2. The summed E-state index contributed by atoms with van der Waals surface area (Å²) in [6.45, 7) is 0. The van der Waals surface area contributed by atoms with E-state index in [-0.39, 0.29) is 23.4 Å². The summed E-state index contributed by atoms with van der Waals surface area (Å²) in [6.07, 6.45) is 0. The number of hydrogen-bond donors (Lipinski definition) is 1. The molecule has 6 heteroatoms. The third kappa shape index (κ3) is 2.38. The van der Waals surface area contributed by atoms with Gasteiger partial charge in [-0.15, -0.1) is 11.8 Å². The van der Waals surface area contributed by atoms with E-state index >= 15 is 0 Å². The van der Waals surface area contributed by atoms with Gasteiger partial charge in [-0.2, -0.15) is 0 Å². The van der Waals surface area contributed by atoms with Crippen molar-refractivity contribution >= 4 is 29.3 Å². The van der Waals surface area contributed by atoms with Crippen molar-refractivity contribution < 1.29 is 14.0 Å². The zero-order chi connectivity index (χ0) is 15.0. The molecule has 0 saturated carbocycles. The van der Waals surface area contributed by atoms with Crippen molar-refractivity contribution in [3.63, 3.8) is 0 Å². The van der Waals surface area contributed by atoms with Crippen LogP contribution < -0.4 is 5.73 Å². The molecule has 2 N–H and O–H groups in total. The Morgan fingerprint density at radius 2 is 1.67 bits per heavy atom. The molecule has 0 spiro atoms. The van der Waals surface area contributed by atoms with Gasteiger partial charge in [-0.3, -0.25) is 14.5 Å². The first kappa shape index (κ1) is 13.6. The molecule has 1 aliphatic heterocycles.